The Kier molecular flexibility index (Phi) is 4.41. The third-order valence-corrected chi connectivity index (χ3v) is 3.60. The van der Waals surface area contributed by atoms with E-state index in [0.29, 0.717) is 17.4 Å². The summed E-state index contributed by atoms with van der Waals surface area (Å²) in [4.78, 5) is 24.2. The molecule has 0 bridgehead atoms. The molecule has 26 heavy (non-hydrogen) atoms. The summed E-state index contributed by atoms with van der Waals surface area (Å²) in [5, 5.41) is 2.51. The molecule has 0 aliphatic carbocycles. The van der Waals surface area contributed by atoms with Gasteiger partial charge in [0.1, 0.15) is 11.3 Å². The van der Waals surface area contributed by atoms with Gasteiger partial charge in [-0.15, -0.1) is 0 Å². The van der Waals surface area contributed by atoms with Crippen molar-refractivity contribution in [2.45, 2.75) is 6.18 Å². The van der Waals surface area contributed by atoms with Crippen LogP contribution in [0.15, 0.2) is 57.7 Å². The van der Waals surface area contributed by atoms with E-state index in [9.17, 15) is 22.8 Å². The highest BCUT2D eigenvalue weighted by Crippen LogP contribution is 2.30. The minimum absolute atomic E-state index is 0.0681. The smallest absolute Gasteiger partial charge is 0.449 e. The number of anilines is 1. The normalized spacial score (nSPS) is 11.4. The van der Waals surface area contributed by atoms with Gasteiger partial charge in [0.25, 0.3) is 5.91 Å². The van der Waals surface area contributed by atoms with Gasteiger partial charge in [-0.1, -0.05) is 6.07 Å². The Bertz CT molecular complexity index is 1040. The lowest BCUT2D eigenvalue weighted by Gasteiger charge is -2.09. The van der Waals surface area contributed by atoms with Crippen molar-refractivity contribution in [2.75, 3.05) is 12.4 Å². The van der Waals surface area contributed by atoms with Crippen molar-refractivity contribution >= 4 is 22.6 Å². The van der Waals surface area contributed by atoms with Crippen LogP contribution in [0.25, 0.3) is 11.0 Å². The molecule has 0 spiro atoms. The largest absolute Gasteiger partial charge is 0.497 e. The lowest BCUT2D eigenvalue weighted by Crippen LogP contribution is -2.13. The van der Waals surface area contributed by atoms with E-state index >= 15 is 0 Å². The Balaban J connectivity index is 1.93. The molecule has 0 unspecified atom stereocenters. The van der Waals surface area contributed by atoms with Crippen LogP contribution in [0.2, 0.25) is 0 Å². The number of hydrogen-bond donors (Lipinski definition) is 1. The molecular formula is C18H12F3NO4. The molecule has 3 rings (SSSR count). The van der Waals surface area contributed by atoms with Gasteiger partial charge in [0, 0.05) is 17.3 Å². The Hall–Kier alpha value is -3.29. The van der Waals surface area contributed by atoms with Crippen molar-refractivity contribution < 1.29 is 27.1 Å². The molecule has 5 nitrogen and oxygen atoms in total. The lowest BCUT2D eigenvalue weighted by molar-refractivity contribution is -0.152. The zero-order chi connectivity index (χ0) is 18.9. The van der Waals surface area contributed by atoms with Crippen LogP contribution < -0.4 is 15.5 Å². The fourth-order valence-corrected chi connectivity index (χ4v) is 2.34. The second-order valence-electron chi connectivity index (χ2n) is 5.37. The van der Waals surface area contributed by atoms with Gasteiger partial charge in [0.15, 0.2) is 5.43 Å². The Morgan fingerprint density at radius 1 is 1.12 bits per heavy atom. The molecule has 1 aromatic heterocycles. The van der Waals surface area contributed by atoms with Crippen molar-refractivity contribution in [3.05, 3.63) is 70.1 Å². The molecule has 3 aromatic rings. The van der Waals surface area contributed by atoms with Crippen molar-refractivity contribution in [3.8, 4) is 5.75 Å². The number of rotatable bonds is 3. The Morgan fingerprint density at radius 2 is 1.88 bits per heavy atom. The number of carbonyl (C=O) groups excluding carboxylic acids is 1. The van der Waals surface area contributed by atoms with Gasteiger partial charge < -0.3 is 14.5 Å². The van der Waals surface area contributed by atoms with Gasteiger partial charge >= 0.3 is 6.18 Å². The summed E-state index contributed by atoms with van der Waals surface area (Å²) in [7, 11) is 1.47. The lowest BCUT2D eigenvalue weighted by atomic mass is 10.1. The fraction of sp³-hybridized carbons (Fsp3) is 0.111. The van der Waals surface area contributed by atoms with Crippen LogP contribution in [-0.4, -0.2) is 13.0 Å². The van der Waals surface area contributed by atoms with E-state index in [4.69, 9.17) is 9.15 Å². The molecule has 0 saturated heterocycles. The van der Waals surface area contributed by atoms with Gasteiger partial charge in [-0.2, -0.15) is 13.2 Å². The maximum absolute atomic E-state index is 12.7. The first kappa shape index (κ1) is 17.5. The number of nitrogens with one attached hydrogen (secondary N) is 1. The summed E-state index contributed by atoms with van der Waals surface area (Å²) in [6.45, 7) is 0. The van der Waals surface area contributed by atoms with E-state index in [2.05, 4.69) is 5.32 Å². The molecule has 2 aromatic carbocycles. The van der Waals surface area contributed by atoms with Crippen molar-refractivity contribution in [3.63, 3.8) is 0 Å². The third-order valence-electron chi connectivity index (χ3n) is 3.60. The number of halogens is 3. The number of alkyl halides is 3. The van der Waals surface area contributed by atoms with E-state index in [1.54, 1.807) is 18.2 Å². The first-order valence-electron chi connectivity index (χ1n) is 7.38. The number of benzene rings is 2. The van der Waals surface area contributed by atoms with Gasteiger partial charge in [-0.05, 0) is 36.4 Å². The van der Waals surface area contributed by atoms with Crippen LogP contribution in [-0.2, 0) is 6.18 Å². The summed E-state index contributed by atoms with van der Waals surface area (Å²) in [6.07, 6.45) is -4.76. The molecule has 0 atom stereocenters. The molecule has 0 saturated carbocycles. The number of ether oxygens (including phenoxy) is 1. The number of amides is 1. The molecule has 0 radical (unpaired) electrons. The van der Waals surface area contributed by atoms with Gasteiger partial charge in [-0.25, -0.2) is 0 Å². The standard InChI is InChI=1S/C18H12F3NO4/c1-25-12-4-2-3-10(7-12)17(24)22-11-5-6-15-13(8-11)14(23)9-16(26-15)18(19,20)21/h2-9H,1H3,(H,22,24). The van der Waals surface area contributed by atoms with Crippen LogP contribution in [0.5, 0.6) is 5.75 Å². The zero-order valence-corrected chi connectivity index (χ0v) is 13.4. The van der Waals surface area contributed by atoms with E-state index in [0.717, 1.165) is 0 Å². The maximum Gasteiger partial charge on any atom is 0.449 e. The minimum atomic E-state index is -4.76. The predicted octanol–water partition coefficient (Wildman–Crippen LogP) is 4.07. The molecule has 0 aliphatic rings. The maximum atomic E-state index is 12.7. The highest BCUT2D eigenvalue weighted by Gasteiger charge is 2.34. The SMILES string of the molecule is COc1cccc(C(=O)Nc2ccc3oc(C(F)(F)F)cc(=O)c3c2)c1. The van der Waals surface area contributed by atoms with E-state index in [1.165, 1.54) is 31.4 Å². The molecule has 1 heterocycles. The second kappa shape index (κ2) is 6.55. The minimum Gasteiger partial charge on any atom is -0.497 e. The molecule has 0 aliphatic heterocycles. The molecule has 134 valence electrons. The van der Waals surface area contributed by atoms with Gasteiger partial charge in [-0.3, -0.25) is 9.59 Å². The number of hydrogen-bond acceptors (Lipinski definition) is 4. The van der Waals surface area contributed by atoms with Crippen LogP contribution in [0, 0.1) is 0 Å². The topological polar surface area (TPSA) is 68.5 Å². The molecule has 1 N–H and O–H groups in total. The summed E-state index contributed by atoms with van der Waals surface area (Å²) in [5.41, 5.74) is -0.499. The third kappa shape index (κ3) is 3.53. The monoisotopic (exact) mass is 363 g/mol. The molecule has 8 heteroatoms. The number of carbonyl (C=O) groups is 1. The van der Waals surface area contributed by atoms with Crippen LogP contribution in [0.3, 0.4) is 0 Å². The molecule has 0 fully saturated rings. The average Bonchev–Trinajstić information content (AvgIpc) is 2.61. The second-order valence-corrected chi connectivity index (χ2v) is 5.37. The molecular weight excluding hydrogens is 351 g/mol. The van der Waals surface area contributed by atoms with Crippen molar-refractivity contribution in [1.82, 2.24) is 0 Å². The first-order chi connectivity index (χ1) is 12.3. The van der Waals surface area contributed by atoms with Crippen LogP contribution in [0.4, 0.5) is 18.9 Å². The number of fused-ring (bicyclic) bond motifs is 1. The van der Waals surface area contributed by atoms with Gasteiger partial charge in [0.2, 0.25) is 5.76 Å². The Labute approximate surface area is 145 Å². The summed E-state index contributed by atoms with van der Waals surface area (Å²) in [5.74, 6) is -1.33. The summed E-state index contributed by atoms with van der Waals surface area (Å²) < 4.78 is 47.9. The summed E-state index contributed by atoms with van der Waals surface area (Å²) >= 11 is 0. The quantitative estimate of drug-likeness (QED) is 0.762. The predicted molar refractivity (Wildman–Crippen MR) is 88.4 cm³/mol. The van der Waals surface area contributed by atoms with Gasteiger partial charge in [0.05, 0.1) is 12.5 Å². The Morgan fingerprint density at radius 3 is 2.58 bits per heavy atom. The van der Waals surface area contributed by atoms with Crippen molar-refractivity contribution in [2.24, 2.45) is 0 Å². The summed E-state index contributed by atoms with van der Waals surface area (Å²) in [6, 6.07) is 10.6. The van der Waals surface area contributed by atoms with Crippen LogP contribution in [0.1, 0.15) is 16.1 Å². The fourth-order valence-electron chi connectivity index (χ4n) is 2.34. The van der Waals surface area contributed by atoms with Crippen molar-refractivity contribution in [1.29, 1.82) is 0 Å². The van der Waals surface area contributed by atoms with E-state index in [1.807, 2.05) is 0 Å². The average molecular weight is 363 g/mol. The number of methoxy groups -OCH3 is 1. The van der Waals surface area contributed by atoms with Crippen LogP contribution >= 0.6 is 0 Å². The van der Waals surface area contributed by atoms with E-state index in [-0.39, 0.29) is 16.7 Å². The highest BCUT2D eigenvalue weighted by atomic mass is 19.4. The highest BCUT2D eigenvalue weighted by molar-refractivity contribution is 6.05. The zero-order valence-electron chi connectivity index (χ0n) is 13.4. The molecule has 1 amide bonds. The van der Waals surface area contributed by atoms with E-state index < -0.39 is 23.3 Å². The first-order valence-corrected chi connectivity index (χ1v) is 7.38.